The maximum Gasteiger partial charge on any atom is 0.160 e. The van der Waals surface area contributed by atoms with Crippen molar-refractivity contribution in [3.05, 3.63) is 142 Å². The van der Waals surface area contributed by atoms with Gasteiger partial charge in [0.2, 0.25) is 0 Å². The third-order valence-corrected chi connectivity index (χ3v) is 11.8. The number of hydrogen-bond donors (Lipinski definition) is 2. The summed E-state index contributed by atoms with van der Waals surface area (Å²) in [5.41, 5.74) is 18.4. The lowest BCUT2D eigenvalue weighted by molar-refractivity contribution is 0.684. The monoisotopic (exact) mass is 885 g/mol. The minimum Gasteiger partial charge on any atom is -0.337 e. The average molecular weight is 885 g/mol. The van der Waals surface area contributed by atoms with Crippen LogP contribution in [0.4, 0.5) is 11.5 Å². The Morgan fingerprint density at radius 2 is 1.23 bits per heavy atom. The fourth-order valence-corrected chi connectivity index (χ4v) is 8.59. The molecule has 66 heavy (non-hydrogen) atoms. The van der Waals surface area contributed by atoms with Crippen molar-refractivity contribution in [3.8, 4) is 0 Å². The van der Waals surface area contributed by atoms with Gasteiger partial charge in [0.1, 0.15) is 6.33 Å². The van der Waals surface area contributed by atoms with Gasteiger partial charge in [-0.05, 0) is 115 Å². The van der Waals surface area contributed by atoms with Crippen molar-refractivity contribution in [2.75, 3.05) is 11.9 Å². The van der Waals surface area contributed by atoms with Crippen molar-refractivity contribution in [1.82, 2.24) is 35.1 Å². The normalized spacial score (nSPS) is 15.0. The van der Waals surface area contributed by atoms with Gasteiger partial charge in [-0.3, -0.25) is 40.0 Å². The number of pyridine rings is 3. The van der Waals surface area contributed by atoms with Gasteiger partial charge in [-0.2, -0.15) is 5.10 Å². The van der Waals surface area contributed by atoms with Crippen LogP contribution in [0.25, 0.3) is 10.9 Å². The van der Waals surface area contributed by atoms with Crippen LogP contribution in [0.3, 0.4) is 0 Å². The molecule has 0 amide bonds. The van der Waals surface area contributed by atoms with Crippen LogP contribution in [0.5, 0.6) is 0 Å². The second-order valence-electron chi connectivity index (χ2n) is 18.1. The second kappa shape index (κ2) is 23.1. The van der Waals surface area contributed by atoms with Crippen LogP contribution >= 0.6 is 0 Å². The van der Waals surface area contributed by atoms with E-state index in [2.05, 4.69) is 122 Å². The number of fused-ring (bicyclic) bond motifs is 4. The van der Waals surface area contributed by atoms with E-state index in [1.807, 2.05) is 80.4 Å². The number of para-hydroxylation sites is 1. The van der Waals surface area contributed by atoms with E-state index in [0.29, 0.717) is 23.7 Å². The number of anilines is 2. The molecule has 12 heteroatoms. The summed E-state index contributed by atoms with van der Waals surface area (Å²) in [5.74, 6) is 2.95. The number of aryl methyl sites for hydroxylation is 1. The van der Waals surface area contributed by atoms with Gasteiger partial charge in [-0.25, -0.2) is 9.97 Å². The topological polar surface area (TPSA) is 155 Å². The molecule has 0 saturated heterocycles. The third-order valence-electron chi connectivity index (χ3n) is 11.8. The maximum absolute atomic E-state index is 4.62. The summed E-state index contributed by atoms with van der Waals surface area (Å²) in [6.45, 7) is 22.8. The predicted octanol–water partition coefficient (Wildman–Crippen LogP) is 12.1. The van der Waals surface area contributed by atoms with Crippen LogP contribution in [-0.2, 0) is 19.6 Å². The SMILES string of the molecule is C.CC(C)C1=NCC2=C1CCCC2.CC(C)C1=NCc2ccncc21.CC(C)C1=NCc2ncccc21.CC(C)C1=NCc2ncncc21.Cc1cncc(Nc2n[nH]c3ccccc23)c1. The number of rotatable bonds is 6. The van der Waals surface area contributed by atoms with Gasteiger partial charge in [-0.15, -0.1) is 0 Å². The van der Waals surface area contributed by atoms with Crippen LogP contribution in [0.1, 0.15) is 128 Å². The van der Waals surface area contributed by atoms with E-state index in [4.69, 9.17) is 0 Å². The first-order valence-corrected chi connectivity index (χ1v) is 23.2. The predicted molar refractivity (Wildman–Crippen MR) is 273 cm³/mol. The van der Waals surface area contributed by atoms with Gasteiger partial charge in [0, 0.05) is 75.9 Å². The van der Waals surface area contributed by atoms with E-state index < -0.39 is 0 Å². The van der Waals surface area contributed by atoms with Crippen molar-refractivity contribution >= 4 is 45.3 Å². The first kappa shape index (κ1) is 48.9. The largest absolute Gasteiger partial charge is 0.337 e. The molecule has 5 aliphatic rings. The first-order valence-electron chi connectivity index (χ1n) is 23.2. The zero-order chi connectivity index (χ0) is 45.9. The number of benzene rings is 1. The zero-order valence-corrected chi connectivity index (χ0v) is 39.6. The van der Waals surface area contributed by atoms with Gasteiger partial charge in [0.25, 0.3) is 0 Å². The van der Waals surface area contributed by atoms with Crippen LogP contribution in [0.15, 0.2) is 123 Å². The number of nitrogens with one attached hydrogen (secondary N) is 2. The number of hydrogen-bond acceptors (Lipinski definition) is 11. The number of aromatic nitrogens is 7. The maximum atomic E-state index is 4.62. The molecule has 0 unspecified atom stereocenters. The Morgan fingerprint density at radius 3 is 1.97 bits per heavy atom. The second-order valence-corrected chi connectivity index (χ2v) is 18.1. The number of aliphatic imine (C=N–C) groups is 4. The number of allylic oxidation sites excluding steroid dienone is 1. The Hall–Kier alpha value is -6.56. The molecule has 344 valence electrons. The third kappa shape index (κ3) is 12.0. The molecule has 11 rings (SSSR count). The highest BCUT2D eigenvalue weighted by Crippen LogP contribution is 2.32. The summed E-state index contributed by atoms with van der Waals surface area (Å²) in [5, 5.41) is 11.6. The van der Waals surface area contributed by atoms with Crippen molar-refractivity contribution in [3.63, 3.8) is 0 Å². The van der Waals surface area contributed by atoms with Crippen molar-refractivity contribution in [1.29, 1.82) is 0 Å². The Balaban J connectivity index is 0.000000137. The zero-order valence-electron chi connectivity index (χ0n) is 39.6. The molecule has 5 aromatic heterocycles. The van der Waals surface area contributed by atoms with Gasteiger partial charge < -0.3 is 5.32 Å². The summed E-state index contributed by atoms with van der Waals surface area (Å²) in [6, 6.07) is 16.2. The summed E-state index contributed by atoms with van der Waals surface area (Å²) in [7, 11) is 0. The summed E-state index contributed by atoms with van der Waals surface area (Å²) >= 11 is 0. The number of nitrogens with zero attached hydrogens (tertiary/aromatic N) is 10. The molecule has 0 saturated carbocycles. The quantitative estimate of drug-likeness (QED) is 0.169. The fourth-order valence-electron chi connectivity index (χ4n) is 8.59. The smallest absolute Gasteiger partial charge is 0.160 e. The minimum atomic E-state index is 0. The van der Waals surface area contributed by atoms with Crippen molar-refractivity contribution in [2.24, 2.45) is 43.6 Å². The van der Waals surface area contributed by atoms with Crippen LogP contribution in [0, 0.1) is 30.6 Å². The molecule has 1 aliphatic carbocycles. The van der Waals surface area contributed by atoms with Crippen LogP contribution in [0.2, 0.25) is 0 Å². The Bertz CT molecular complexity index is 2570. The Labute approximate surface area is 391 Å². The molecule has 0 bridgehead atoms. The van der Waals surface area contributed by atoms with E-state index in [-0.39, 0.29) is 7.43 Å². The number of aromatic amines is 1. The molecule has 0 atom stereocenters. The molecule has 6 aromatic rings. The van der Waals surface area contributed by atoms with Crippen LogP contribution < -0.4 is 5.32 Å². The highest BCUT2D eigenvalue weighted by molar-refractivity contribution is 6.06. The molecule has 0 spiro atoms. The Morgan fingerprint density at radius 1 is 0.576 bits per heavy atom. The lowest BCUT2D eigenvalue weighted by atomic mass is 9.88. The van der Waals surface area contributed by atoms with E-state index in [1.54, 1.807) is 23.7 Å². The summed E-state index contributed by atoms with van der Waals surface area (Å²) in [6.07, 6.45) is 18.0. The van der Waals surface area contributed by atoms with Crippen molar-refractivity contribution in [2.45, 2.75) is 115 Å². The van der Waals surface area contributed by atoms with Gasteiger partial charge in [0.05, 0.1) is 55.0 Å². The van der Waals surface area contributed by atoms with Gasteiger partial charge in [0.15, 0.2) is 5.82 Å². The summed E-state index contributed by atoms with van der Waals surface area (Å²) in [4.78, 5) is 38.7. The Kier molecular flexibility index (Phi) is 17.1. The standard InChI is InChI=1S/C13H12N4.C11H17N.2C10H12N2.C9H11N3.CH4/c1-9-6-10(8-14-7-9)15-13-11-4-2-3-5-12(11)16-17-13;1-8(2)11-10-6-4-3-5-9(10)7-12-11;1-7(2)10-9-6-11-4-3-8(9)5-12-10;1-7(2)10-8-4-3-5-11-9(8)6-12-10;1-6(2)9-7-3-10-5-12-8(7)4-11-9;/h2-8H,1H3,(H2,15,16,17);8H,3-7H2,1-2H3;3-4,6-7H,5H2,1-2H3;3-5,7H,6H2,1-2H3;3,5-6H,4H2,1-2H3;1H4. The van der Waals surface area contributed by atoms with E-state index in [1.165, 1.54) is 59.5 Å². The fraction of sp³-hybridized carbons (Fsp3) is 0.407. The highest BCUT2D eigenvalue weighted by atomic mass is 15.2. The molecule has 1 aromatic carbocycles. The molecule has 0 radical (unpaired) electrons. The average Bonchev–Trinajstić information content (AvgIpc) is 4.17. The molecular weight excluding hydrogens is 817 g/mol. The molecule has 12 nitrogen and oxygen atoms in total. The van der Waals surface area contributed by atoms with E-state index >= 15 is 0 Å². The number of H-pyrrole nitrogens is 1. The molecule has 2 N–H and O–H groups in total. The molecular formula is C54H68N12. The van der Waals surface area contributed by atoms with E-state index in [9.17, 15) is 0 Å². The first-order chi connectivity index (χ1) is 31.5. The van der Waals surface area contributed by atoms with E-state index in [0.717, 1.165) is 76.8 Å². The molecule has 0 fully saturated rings. The van der Waals surface area contributed by atoms with Gasteiger partial charge >= 0.3 is 0 Å². The highest BCUT2D eigenvalue weighted by Gasteiger charge is 2.24. The van der Waals surface area contributed by atoms with Gasteiger partial charge in [-0.1, -0.05) is 74.9 Å². The molecule has 4 aliphatic heterocycles. The van der Waals surface area contributed by atoms with Crippen LogP contribution in [-0.4, -0.2) is 64.5 Å². The lowest BCUT2D eigenvalue weighted by Gasteiger charge is -2.16. The minimum absolute atomic E-state index is 0. The molecule has 9 heterocycles. The lowest BCUT2D eigenvalue weighted by Crippen LogP contribution is -2.10. The summed E-state index contributed by atoms with van der Waals surface area (Å²) < 4.78 is 0. The van der Waals surface area contributed by atoms with Crippen molar-refractivity contribution < 1.29 is 0 Å².